The van der Waals surface area contributed by atoms with Crippen molar-refractivity contribution >= 4 is 41.3 Å². The number of hydrogen-bond acceptors (Lipinski definition) is 4. The lowest BCUT2D eigenvalue weighted by Gasteiger charge is -2.11. The maximum absolute atomic E-state index is 12.5. The second kappa shape index (κ2) is 7.28. The summed E-state index contributed by atoms with van der Waals surface area (Å²) >= 11 is 5.91. The van der Waals surface area contributed by atoms with E-state index >= 15 is 0 Å². The van der Waals surface area contributed by atoms with Crippen LogP contribution in [0.3, 0.4) is 0 Å². The van der Waals surface area contributed by atoms with Gasteiger partial charge in [0.1, 0.15) is 11.4 Å². The van der Waals surface area contributed by atoms with Crippen molar-refractivity contribution in [3.63, 3.8) is 0 Å². The number of imide groups is 1. The van der Waals surface area contributed by atoms with Crippen LogP contribution in [0.4, 0.5) is 10.5 Å². The Labute approximate surface area is 153 Å². The fourth-order valence-corrected chi connectivity index (χ4v) is 2.54. The molecule has 0 spiro atoms. The standard InChI is InChI=1S/C18H13ClN2O5/c19-12-2-1-3-13(9-12)21-17(24)15(20-18(21)25)8-11-4-6-14(7-5-11)26-10-16(22)23/h1-9H,10H2,(H,20,25)(H,22,23)/b15-8+. The van der Waals surface area contributed by atoms with Crippen LogP contribution < -0.4 is 15.0 Å². The molecule has 1 heterocycles. The second-order valence-corrected chi connectivity index (χ2v) is 5.80. The lowest BCUT2D eigenvalue weighted by Crippen LogP contribution is -2.30. The van der Waals surface area contributed by atoms with E-state index in [2.05, 4.69) is 5.32 Å². The van der Waals surface area contributed by atoms with E-state index in [0.29, 0.717) is 22.0 Å². The van der Waals surface area contributed by atoms with Gasteiger partial charge in [0.25, 0.3) is 5.91 Å². The number of ether oxygens (including phenoxy) is 1. The summed E-state index contributed by atoms with van der Waals surface area (Å²) in [6.45, 7) is -0.441. The van der Waals surface area contributed by atoms with Crippen LogP contribution >= 0.6 is 11.6 Å². The number of nitrogens with one attached hydrogen (secondary N) is 1. The molecular formula is C18H13ClN2O5. The maximum atomic E-state index is 12.5. The highest BCUT2D eigenvalue weighted by molar-refractivity contribution is 6.32. The van der Waals surface area contributed by atoms with Gasteiger partial charge in [-0.15, -0.1) is 0 Å². The Morgan fingerprint density at radius 2 is 1.92 bits per heavy atom. The molecule has 1 aliphatic heterocycles. The maximum Gasteiger partial charge on any atom is 0.341 e. The van der Waals surface area contributed by atoms with Crippen LogP contribution in [0.1, 0.15) is 5.56 Å². The lowest BCUT2D eigenvalue weighted by atomic mass is 10.2. The Bertz CT molecular complexity index is 908. The predicted octanol–water partition coefficient (Wildman–Crippen LogP) is 2.90. The number of urea groups is 1. The van der Waals surface area contributed by atoms with Gasteiger partial charge in [0, 0.05) is 5.02 Å². The largest absolute Gasteiger partial charge is 0.482 e. The lowest BCUT2D eigenvalue weighted by molar-refractivity contribution is -0.139. The van der Waals surface area contributed by atoms with E-state index in [1.54, 1.807) is 42.5 Å². The van der Waals surface area contributed by atoms with Gasteiger partial charge in [-0.05, 0) is 42.0 Å². The van der Waals surface area contributed by atoms with Gasteiger partial charge in [-0.25, -0.2) is 14.5 Å². The minimum Gasteiger partial charge on any atom is -0.482 e. The smallest absolute Gasteiger partial charge is 0.341 e. The highest BCUT2D eigenvalue weighted by Crippen LogP contribution is 2.25. The zero-order valence-corrected chi connectivity index (χ0v) is 14.1. The van der Waals surface area contributed by atoms with Gasteiger partial charge in [-0.1, -0.05) is 29.8 Å². The Kier molecular flexibility index (Phi) is 4.90. The van der Waals surface area contributed by atoms with Gasteiger partial charge < -0.3 is 15.2 Å². The van der Waals surface area contributed by atoms with Crippen LogP contribution in [-0.4, -0.2) is 29.6 Å². The number of anilines is 1. The summed E-state index contributed by atoms with van der Waals surface area (Å²) in [7, 11) is 0. The molecule has 2 aromatic carbocycles. The molecule has 0 saturated carbocycles. The number of carbonyl (C=O) groups is 3. The van der Waals surface area contributed by atoms with Crippen molar-refractivity contribution in [2.45, 2.75) is 0 Å². The first-order chi connectivity index (χ1) is 12.4. The Hall–Kier alpha value is -3.32. The minimum absolute atomic E-state index is 0.120. The van der Waals surface area contributed by atoms with Crippen LogP contribution in [0.25, 0.3) is 6.08 Å². The molecule has 8 heteroatoms. The SMILES string of the molecule is O=C(O)COc1ccc(/C=C2/NC(=O)N(c3cccc(Cl)c3)C2=O)cc1. The first-order valence-electron chi connectivity index (χ1n) is 7.51. The number of aliphatic carboxylic acids is 1. The molecule has 0 bridgehead atoms. The topological polar surface area (TPSA) is 95.9 Å². The van der Waals surface area contributed by atoms with Gasteiger partial charge in [0.05, 0.1) is 5.69 Å². The number of carbonyl (C=O) groups excluding carboxylic acids is 2. The zero-order chi connectivity index (χ0) is 18.7. The molecule has 1 aliphatic rings. The summed E-state index contributed by atoms with van der Waals surface area (Å²) in [4.78, 5) is 36.1. The molecule has 132 valence electrons. The molecule has 26 heavy (non-hydrogen) atoms. The van der Waals surface area contributed by atoms with Crippen LogP contribution in [0, 0.1) is 0 Å². The quantitative estimate of drug-likeness (QED) is 0.621. The van der Waals surface area contributed by atoms with Crippen molar-refractivity contribution in [2.24, 2.45) is 0 Å². The fourth-order valence-electron chi connectivity index (χ4n) is 2.36. The van der Waals surface area contributed by atoms with Gasteiger partial charge in [0.15, 0.2) is 6.61 Å². The average Bonchev–Trinajstić information content (AvgIpc) is 2.88. The van der Waals surface area contributed by atoms with E-state index in [0.717, 1.165) is 4.90 Å². The number of carboxylic acids is 1. The monoisotopic (exact) mass is 372 g/mol. The van der Waals surface area contributed by atoms with Gasteiger partial charge in [-0.2, -0.15) is 0 Å². The van der Waals surface area contributed by atoms with Crippen LogP contribution in [-0.2, 0) is 9.59 Å². The first-order valence-corrected chi connectivity index (χ1v) is 7.89. The molecule has 0 aromatic heterocycles. The Morgan fingerprint density at radius 3 is 2.58 bits per heavy atom. The number of halogens is 1. The van der Waals surface area contributed by atoms with Gasteiger partial charge >= 0.3 is 12.0 Å². The molecule has 2 aromatic rings. The molecule has 0 unspecified atom stereocenters. The summed E-state index contributed by atoms with van der Waals surface area (Å²) < 4.78 is 5.04. The van der Waals surface area contributed by atoms with E-state index in [-0.39, 0.29) is 5.70 Å². The number of rotatable bonds is 5. The molecule has 1 saturated heterocycles. The summed E-state index contributed by atoms with van der Waals surface area (Å²) in [5.41, 5.74) is 1.14. The second-order valence-electron chi connectivity index (χ2n) is 5.36. The van der Waals surface area contributed by atoms with E-state index in [4.69, 9.17) is 21.4 Å². The zero-order valence-electron chi connectivity index (χ0n) is 13.3. The van der Waals surface area contributed by atoms with Crippen molar-refractivity contribution in [1.82, 2.24) is 5.32 Å². The number of nitrogens with zero attached hydrogens (tertiary/aromatic N) is 1. The molecule has 3 amide bonds. The van der Waals surface area contributed by atoms with E-state index in [1.165, 1.54) is 12.1 Å². The predicted molar refractivity (Wildman–Crippen MR) is 95.0 cm³/mol. The van der Waals surface area contributed by atoms with Crippen LogP contribution in [0.2, 0.25) is 5.02 Å². The first kappa shape index (κ1) is 17.5. The normalized spacial score (nSPS) is 15.3. The third-order valence-corrected chi connectivity index (χ3v) is 3.73. The summed E-state index contributed by atoms with van der Waals surface area (Å²) in [5, 5.41) is 11.5. The molecular weight excluding hydrogens is 360 g/mol. The van der Waals surface area contributed by atoms with Crippen molar-refractivity contribution in [2.75, 3.05) is 11.5 Å². The number of benzene rings is 2. The Morgan fingerprint density at radius 1 is 1.19 bits per heavy atom. The number of hydrogen-bond donors (Lipinski definition) is 2. The van der Waals surface area contributed by atoms with E-state index in [9.17, 15) is 14.4 Å². The third kappa shape index (κ3) is 3.84. The molecule has 1 fully saturated rings. The van der Waals surface area contributed by atoms with Gasteiger partial charge in [-0.3, -0.25) is 4.79 Å². The van der Waals surface area contributed by atoms with Gasteiger partial charge in [0.2, 0.25) is 0 Å². The molecule has 0 atom stereocenters. The summed E-state index contributed by atoms with van der Waals surface area (Å²) in [6.07, 6.45) is 1.52. The van der Waals surface area contributed by atoms with Crippen molar-refractivity contribution in [3.8, 4) is 5.75 Å². The van der Waals surface area contributed by atoms with Crippen molar-refractivity contribution < 1.29 is 24.2 Å². The highest BCUT2D eigenvalue weighted by Gasteiger charge is 2.34. The summed E-state index contributed by atoms with van der Waals surface area (Å²) in [6, 6.07) is 12.3. The third-order valence-electron chi connectivity index (χ3n) is 3.50. The van der Waals surface area contributed by atoms with Crippen LogP contribution in [0.15, 0.2) is 54.2 Å². The average molecular weight is 373 g/mol. The number of amides is 3. The fraction of sp³-hybridized carbons (Fsp3) is 0.0556. The van der Waals surface area contributed by atoms with Crippen molar-refractivity contribution in [3.05, 3.63) is 64.8 Å². The minimum atomic E-state index is -1.07. The Balaban J connectivity index is 1.78. The molecule has 0 radical (unpaired) electrons. The molecule has 3 rings (SSSR count). The van der Waals surface area contributed by atoms with E-state index in [1.807, 2.05) is 0 Å². The summed E-state index contributed by atoms with van der Waals surface area (Å²) in [5.74, 6) is -1.18. The van der Waals surface area contributed by atoms with Crippen molar-refractivity contribution in [1.29, 1.82) is 0 Å². The number of carboxylic acid groups (broad SMARTS) is 1. The molecule has 2 N–H and O–H groups in total. The molecule has 0 aliphatic carbocycles. The molecule has 7 nitrogen and oxygen atoms in total. The van der Waals surface area contributed by atoms with Crippen LogP contribution in [0.5, 0.6) is 5.75 Å². The van der Waals surface area contributed by atoms with E-state index < -0.39 is 24.5 Å². The highest BCUT2D eigenvalue weighted by atomic mass is 35.5.